The summed E-state index contributed by atoms with van der Waals surface area (Å²) in [5, 5.41) is 0. The molecule has 0 N–H and O–H groups in total. The van der Waals surface area contributed by atoms with Gasteiger partial charge in [-0.1, -0.05) is 0 Å². The summed E-state index contributed by atoms with van der Waals surface area (Å²) >= 11 is 0. The molecule has 0 saturated carbocycles. The summed E-state index contributed by atoms with van der Waals surface area (Å²) in [5.41, 5.74) is -61.6. The smallest absolute Gasteiger partial charge is 0.204 e. The van der Waals surface area contributed by atoms with Crippen LogP contribution in [0.2, 0.25) is 0 Å². The van der Waals surface area contributed by atoms with Crippen molar-refractivity contribution in [3.8, 4) is 66.8 Å². The maximum absolute atomic E-state index is 16.4. The molecule has 0 radical (unpaired) electrons. The molecule has 0 spiro atoms. The van der Waals surface area contributed by atoms with Crippen molar-refractivity contribution in [3.63, 3.8) is 0 Å². The maximum Gasteiger partial charge on any atom is 0.255 e. The molecule has 0 heterocycles. The van der Waals surface area contributed by atoms with Crippen LogP contribution in [-0.4, -0.2) is 13.4 Å². The summed E-state index contributed by atoms with van der Waals surface area (Å²) in [6.07, 6.45) is 0. The number of hydrogen-bond donors (Lipinski definition) is 0. The fourth-order valence-corrected chi connectivity index (χ4v) is 12.8. The predicted octanol–water partition coefficient (Wildman–Crippen LogP) is 21.9. The van der Waals surface area contributed by atoms with Crippen molar-refractivity contribution in [2.75, 3.05) is 0 Å². The zero-order valence-corrected chi connectivity index (χ0v) is 57.6. The Balaban J connectivity index is 0.000000248. The van der Waals surface area contributed by atoms with Crippen molar-refractivity contribution in [1.82, 2.24) is 0 Å². The lowest BCUT2D eigenvalue weighted by Gasteiger charge is -2.27. The van der Waals surface area contributed by atoms with E-state index in [1.54, 1.807) is 0 Å². The Kier molecular flexibility index (Phi) is 24.9. The Hall–Kier alpha value is -13.0. The number of benzene rings is 12. The highest BCUT2D eigenvalue weighted by Gasteiger charge is 2.53. The average molecular weight is 1910 g/mol. The lowest BCUT2D eigenvalue weighted by molar-refractivity contribution is 0.379. The molecule has 0 atom stereocenters. The van der Waals surface area contributed by atoms with E-state index in [0.29, 0.717) is 0 Å². The van der Waals surface area contributed by atoms with Crippen molar-refractivity contribution < 1.29 is 237 Å². The molecule has 0 aliphatic heterocycles. The molecule has 0 bridgehead atoms. The zero-order chi connectivity index (χ0) is 96.7. The van der Waals surface area contributed by atoms with E-state index in [-0.39, 0.29) is 0 Å². The molecule has 0 nitrogen and oxygen atoms in total. The molecule has 128 heavy (non-hydrogen) atoms. The van der Waals surface area contributed by atoms with Crippen LogP contribution in [0.4, 0.5) is 237 Å². The summed E-state index contributed by atoms with van der Waals surface area (Å²) in [5.74, 6) is -194. The summed E-state index contributed by atoms with van der Waals surface area (Å²) in [6.45, 7) is -10.3. The van der Waals surface area contributed by atoms with Crippen molar-refractivity contribution in [1.29, 1.82) is 0 Å². The van der Waals surface area contributed by atoms with Crippen molar-refractivity contribution in [2.24, 2.45) is 0 Å². The highest BCUT2D eigenvalue weighted by Crippen LogP contribution is 2.46. The molecule has 0 saturated heterocycles. The fraction of sp³-hybridized carbons (Fsp3) is 0. The van der Waals surface area contributed by atoms with Gasteiger partial charge in [-0.2, -0.15) is 0 Å². The quantitative estimate of drug-likeness (QED) is 0.0495. The Morgan fingerprint density at radius 3 is 0.195 bits per heavy atom. The van der Waals surface area contributed by atoms with Crippen LogP contribution in [0, 0.1) is 314 Å². The minimum Gasteiger partial charge on any atom is -0.204 e. The highest BCUT2D eigenvalue weighted by molar-refractivity contribution is 6.99. The monoisotopic (exact) mass is 1910 g/mol. The number of hydrogen-bond acceptors (Lipinski definition) is 0. The molecular formula is C72B2F54. The van der Waals surface area contributed by atoms with E-state index in [9.17, 15) is 105 Å². The molecule has 12 rings (SSSR count). The third kappa shape index (κ3) is 13.6. The normalized spacial score (nSPS) is 11.7. The van der Waals surface area contributed by atoms with E-state index in [4.69, 9.17) is 0 Å². The van der Waals surface area contributed by atoms with E-state index in [0.717, 1.165) is 0 Å². The number of halogens is 54. The molecular weight excluding hydrogens is 1910 g/mol. The van der Waals surface area contributed by atoms with Gasteiger partial charge in [0, 0.05) is 33.4 Å². The summed E-state index contributed by atoms with van der Waals surface area (Å²) in [4.78, 5) is 0. The summed E-state index contributed by atoms with van der Waals surface area (Å²) in [6, 6.07) is 0. The van der Waals surface area contributed by atoms with Gasteiger partial charge < -0.3 is 0 Å². The maximum atomic E-state index is 16.4. The van der Waals surface area contributed by atoms with Gasteiger partial charge in [0.15, 0.2) is 279 Å². The molecule has 0 aromatic heterocycles. The minimum absolute atomic E-state index is 3.32. The second-order valence-electron chi connectivity index (χ2n) is 24.8. The lowest BCUT2D eigenvalue weighted by Crippen LogP contribution is -2.59. The van der Waals surface area contributed by atoms with Gasteiger partial charge in [0.05, 0.1) is 33.4 Å². The van der Waals surface area contributed by atoms with Gasteiger partial charge in [-0.15, -0.1) is 0 Å². The van der Waals surface area contributed by atoms with Gasteiger partial charge in [-0.3, -0.25) is 0 Å². The molecule has 0 fully saturated rings. The molecule has 12 aromatic rings. The molecule has 0 aliphatic carbocycles. The van der Waals surface area contributed by atoms with E-state index < -0.39 is 427 Å². The van der Waals surface area contributed by atoms with Gasteiger partial charge in [0.1, 0.15) is 0 Å². The number of rotatable bonds is 12. The average Bonchev–Trinajstić information content (AvgIpc) is 0.704. The van der Waals surface area contributed by atoms with Crippen LogP contribution in [0.3, 0.4) is 0 Å². The molecule has 56 heteroatoms. The second kappa shape index (κ2) is 33.3. The second-order valence-corrected chi connectivity index (χ2v) is 24.8. The Labute approximate surface area is 663 Å². The van der Waals surface area contributed by atoms with Crippen LogP contribution >= 0.6 is 0 Å². The van der Waals surface area contributed by atoms with Crippen molar-refractivity contribution in [3.05, 3.63) is 314 Å². The van der Waals surface area contributed by atoms with Crippen LogP contribution in [0.5, 0.6) is 0 Å². The van der Waals surface area contributed by atoms with Crippen molar-refractivity contribution in [2.45, 2.75) is 0 Å². The molecule has 12 aromatic carbocycles. The first kappa shape index (κ1) is 95.6. The Bertz CT molecular complexity index is 5760. The Morgan fingerprint density at radius 1 is 0.0625 bits per heavy atom. The summed E-state index contributed by atoms with van der Waals surface area (Å²) in [7, 11) is 0. The van der Waals surface area contributed by atoms with E-state index in [1.807, 2.05) is 0 Å². The first-order valence-corrected chi connectivity index (χ1v) is 31.4. The summed E-state index contributed by atoms with van der Waals surface area (Å²) < 4.78 is 820. The first-order valence-electron chi connectivity index (χ1n) is 31.4. The van der Waals surface area contributed by atoms with E-state index >= 15 is 132 Å². The van der Waals surface area contributed by atoms with Gasteiger partial charge in [0.2, 0.25) is 34.9 Å². The van der Waals surface area contributed by atoms with Gasteiger partial charge >= 0.3 is 0 Å². The van der Waals surface area contributed by atoms with Crippen LogP contribution in [0.1, 0.15) is 0 Å². The molecule has 0 amide bonds. The minimum atomic E-state index is -5.17. The van der Waals surface area contributed by atoms with E-state index in [1.165, 1.54) is 0 Å². The standard InChI is InChI=1S/2C36BF27/c2*38-10-1(4-13(41)25(53)34(62)26(54)14(4)42)7(19(47)31(59)22(10)50)37(8-2(11(39)23(51)32(60)20(8)48)5-15(43)27(55)35(63)28(56)16(5)44)9-3(12(40)24(52)33(61)21(9)49)6-17(45)29(57)36(64)30(58)18(6)46. The van der Waals surface area contributed by atoms with Crippen molar-refractivity contribution >= 4 is 46.2 Å². The SMILES string of the molecule is Fc1c(F)c(F)c(-c2c(F)c(F)c(F)c(F)c2B(c2c(F)c(F)c(F)c(F)c2-c2c(F)c(F)c(F)c(F)c2F)c2c(F)c(F)c(F)c(F)c2-c2c(F)c(F)c(F)c(F)c2F)c(F)c1F.Fc1c(F)c(F)c(-c2c(F)c(F)c(F)c(F)c2B(c2c(F)c(F)c(F)c(F)c2-c2c(F)c(F)c(F)c(F)c2F)c2c(F)c(F)c(F)c(F)c2-c2c(F)c(F)c(F)c(F)c2F)c(F)c1F. The first-order chi connectivity index (χ1) is 59.2. The zero-order valence-electron chi connectivity index (χ0n) is 57.6. The predicted molar refractivity (Wildman–Crippen MR) is 318 cm³/mol. The topological polar surface area (TPSA) is 0 Å². The molecule has 0 unspecified atom stereocenters. The third-order valence-corrected chi connectivity index (χ3v) is 18.3. The van der Waals surface area contributed by atoms with Crippen LogP contribution < -0.4 is 32.8 Å². The van der Waals surface area contributed by atoms with Crippen LogP contribution in [0.25, 0.3) is 66.8 Å². The molecule has 0 aliphatic rings. The molecule has 672 valence electrons. The lowest BCUT2D eigenvalue weighted by atomic mass is 9.33. The largest absolute Gasteiger partial charge is 0.255 e. The van der Waals surface area contributed by atoms with Gasteiger partial charge in [-0.25, -0.2) is 237 Å². The highest BCUT2D eigenvalue weighted by atomic mass is 19.2. The van der Waals surface area contributed by atoms with Gasteiger partial charge in [0.25, 0.3) is 13.4 Å². The fourth-order valence-electron chi connectivity index (χ4n) is 12.8. The Morgan fingerprint density at radius 2 is 0.117 bits per heavy atom. The van der Waals surface area contributed by atoms with Crippen LogP contribution in [0.15, 0.2) is 0 Å². The van der Waals surface area contributed by atoms with Gasteiger partial charge in [-0.05, 0) is 32.8 Å². The van der Waals surface area contributed by atoms with Crippen LogP contribution in [-0.2, 0) is 0 Å². The third-order valence-electron chi connectivity index (χ3n) is 18.3. The van der Waals surface area contributed by atoms with E-state index in [2.05, 4.69) is 0 Å².